The summed E-state index contributed by atoms with van der Waals surface area (Å²) in [4.78, 5) is 2.48. The Balaban J connectivity index is 1.15. The van der Waals surface area contributed by atoms with Crippen molar-refractivity contribution in [3.05, 3.63) is 236 Å². The molecule has 0 radical (unpaired) electrons. The highest BCUT2D eigenvalue weighted by molar-refractivity contribution is 7.19. The average Bonchev–Trinajstić information content (AvgIpc) is 3.53. The average molecular weight is 770 g/mol. The second kappa shape index (κ2) is 13.8. The predicted octanol–water partition coefficient (Wildman–Crippen LogP) is 12.3. The summed E-state index contributed by atoms with van der Waals surface area (Å²) in [5.74, 6) is 0. The fourth-order valence-corrected chi connectivity index (χ4v) is 15.0. The van der Waals surface area contributed by atoms with Crippen LogP contribution in [0.4, 0.5) is 17.1 Å². The molecule has 0 aromatic heterocycles. The molecule has 0 N–H and O–H groups in total. The molecular formula is C57H43NSi. The van der Waals surface area contributed by atoms with Crippen molar-refractivity contribution in [1.82, 2.24) is 0 Å². The first-order chi connectivity index (χ1) is 29.0. The molecule has 11 rings (SSSR count). The van der Waals surface area contributed by atoms with E-state index in [2.05, 4.69) is 243 Å². The minimum absolute atomic E-state index is 0.123. The van der Waals surface area contributed by atoms with Crippen LogP contribution in [0.1, 0.15) is 25.0 Å². The fraction of sp³-hybridized carbons (Fsp3) is 0.0526. The van der Waals surface area contributed by atoms with Crippen molar-refractivity contribution in [2.45, 2.75) is 19.3 Å². The van der Waals surface area contributed by atoms with E-state index in [9.17, 15) is 0 Å². The molecule has 1 nitrogen and oxygen atoms in total. The number of rotatable bonds is 7. The van der Waals surface area contributed by atoms with Crippen molar-refractivity contribution in [3.63, 3.8) is 0 Å². The molecular weight excluding hydrogens is 727 g/mol. The number of hydrogen-bond acceptors (Lipinski definition) is 1. The summed E-state index contributed by atoms with van der Waals surface area (Å²) in [6.07, 6.45) is 0. The molecule has 1 aliphatic carbocycles. The van der Waals surface area contributed by atoms with Gasteiger partial charge in [0.05, 0.1) is 0 Å². The van der Waals surface area contributed by atoms with Gasteiger partial charge in [0.15, 0.2) is 8.07 Å². The lowest BCUT2D eigenvalue weighted by Gasteiger charge is -2.35. The zero-order chi connectivity index (χ0) is 39.6. The van der Waals surface area contributed by atoms with Crippen molar-refractivity contribution < 1.29 is 0 Å². The highest BCUT2D eigenvalue weighted by Gasteiger charge is 2.41. The molecule has 0 spiro atoms. The third-order valence-electron chi connectivity index (χ3n) is 13.0. The first kappa shape index (κ1) is 35.2. The van der Waals surface area contributed by atoms with E-state index >= 15 is 0 Å². The van der Waals surface area contributed by atoms with Gasteiger partial charge in [-0.2, -0.15) is 0 Å². The summed E-state index contributed by atoms with van der Waals surface area (Å²) in [5.41, 5.74) is 8.70. The molecule has 0 saturated heterocycles. The molecule has 2 heteroatoms. The molecule has 0 amide bonds. The molecule has 0 atom stereocenters. The SMILES string of the molecule is CC1(C)c2ccccc2-c2ccc(N(c3ccc([Si](c4ccccc4)(c4ccccc4)c4ccccc4)cc3)c3ccc4c5ccccc5c5ccccc5c4c3)cc21. The van der Waals surface area contributed by atoms with Crippen molar-refractivity contribution >= 4 is 78.2 Å². The van der Waals surface area contributed by atoms with Gasteiger partial charge in [0.1, 0.15) is 0 Å². The lowest BCUT2D eigenvalue weighted by Crippen LogP contribution is -2.74. The van der Waals surface area contributed by atoms with Crippen LogP contribution in [0.25, 0.3) is 43.4 Å². The highest BCUT2D eigenvalue weighted by atomic mass is 28.3. The van der Waals surface area contributed by atoms with E-state index < -0.39 is 8.07 Å². The molecule has 0 bridgehead atoms. The standard InChI is InChI=1S/C57H43NSi/c1-57(2)55-29-17-16-28-52(55)53-37-33-42(39-56(53)57)58(41-32-36-51-49-26-13-12-24-47(49)48-25-14-15-27-50(48)54(51)38-41)40-30-34-46(35-31-40)59(43-18-6-3-7-19-43,44-20-8-4-9-21-44)45-22-10-5-11-23-45/h3-39H,1-2H3. The van der Waals surface area contributed by atoms with Crippen LogP contribution < -0.4 is 25.6 Å². The van der Waals surface area contributed by atoms with Gasteiger partial charge in [-0.05, 0) is 112 Å². The third-order valence-corrected chi connectivity index (χ3v) is 17.8. The minimum Gasteiger partial charge on any atom is -0.310 e. The zero-order valence-corrected chi connectivity index (χ0v) is 34.3. The third kappa shape index (κ3) is 5.44. The quantitative estimate of drug-likeness (QED) is 0.0886. The number of nitrogens with zero attached hydrogens (tertiary/aromatic N) is 1. The van der Waals surface area contributed by atoms with Gasteiger partial charge in [0.25, 0.3) is 0 Å². The van der Waals surface area contributed by atoms with Crippen molar-refractivity contribution in [2.24, 2.45) is 0 Å². The predicted molar refractivity (Wildman–Crippen MR) is 255 cm³/mol. The Hall–Kier alpha value is -7.00. The van der Waals surface area contributed by atoms with Gasteiger partial charge in [-0.15, -0.1) is 0 Å². The smallest absolute Gasteiger partial charge is 0.179 e. The maximum absolute atomic E-state index is 2.70. The monoisotopic (exact) mass is 769 g/mol. The molecule has 59 heavy (non-hydrogen) atoms. The summed E-state index contributed by atoms with van der Waals surface area (Å²) in [6, 6.07) is 83.9. The van der Waals surface area contributed by atoms with Gasteiger partial charge < -0.3 is 4.90 Å². The van der Waals surface area contributed by atoms with E-state index in [-0.39, 0.29) is 5.41 Å². The molecule has 10 aromatic carbocycles. The van der Waals surface area contributed by atoms with Crippen LogP contribution in [0.15, 0.2) is 224 Å². The normalized spacial score (nSPS) is 13.1. The molecule has 280 valence electrons. The van der Waals surface area contributed by atoms with Gasteiger partial charge in [0, 0.05) is 22.5 Å². The van der Waals surface area contributed by atoms with Gasteiger partial charge in [-0.3, -0.25) is 0 Å². The Labute approximate surface area is 347 Å². The van der Waals surface area contributed by atoms with Crippen LogP contribution in [0.2, 0.25) is 0 Å². The summed E-state index contributed by atoms with van der Waals surface area (Å²) < 4.78 is 0. The van der Waals surface area contributed by atoms with Gasteiger partial charge in [-0.25, -0.2) is 0 Å². The summed E-state index contributed by atoms with van der Waals surface area (Å²) in [7, 11) is -2.70. The Morgan fingerprint density at radius 3 is 1.25 bits per heavy atom. The molecule has 1 aliphatic rings. The highest BCUT2D eigenvalue weighted by Crippen LogP contribution is 2.51. The Morgan fingerprint density at radius 1 is 0.305 bits per heavy atom. The number of benzene rings is 10. The van der Waals surface area contributed by atoms with Crippen molar-refractivity contribution in [3.8, 4) is 11.1 Å². The summed E-state index contributed by atoms with van der Waals surface area (Å²) >= 11 is 0. The lowest BCUT2D eigenvalue weighted by molar-refractivity contribution is 0.660. The fourth-order valence-electron chi connectivity index (χ4n) is 10.2. The molecule has 0 saturated carbocycles. The molecule has 10 aromatic rings. The van der Waals surface area contributed by atoms with E-state index in [0.29, 0.717) is 0 Å². The van der Waals surface area contributed by atoms with Gasteiger partial charge >= 0.3 is 0 Å². The zero-order valence-electron chi connectivity index (χ0n) is 33.3. The Bertz CT molecular complexity index is 3040. The topological polar surface area (TPSA) is 3.24 Å². The lowest BCUT2D eigenvalue weighted by atomic mass is 9.82. The largest absolute Gasteiger partial charge is 0.310 e. The molecule has 0 unspecified atom stereocenters. The second-order valence-corrected chi connectivity index (χ2v) is 20.3. The first-order valence-electron chi connectivity index (χ1n) is 20.7. The van der Waals surface area contributed by atoms with E-state index in [1.165, 1.54) is 75.3 Å². The summed E-state index contributed by atoms with van der Waals surface area (Å²) in [5, 5.41) is 13.1. The first-order valence-corrected chi connectivity index (χ1v) is 22.7. The van der Waals surface area contributed by atoms with Gasteiger partial charge in [0.2, 0.25) is 0 Å². The maximum Gasteiger partial charge on any atom is 0.179 e. The minimum atomic E-state index is -2.70. The van der Waals surface area contributed by atoms with Crippen LogP contribution in [0.5, 0.6) is 0 Å². The molecule has 0 heterocycles. The maximum atomic E-state index is 2.48. The van der Waals surface area contributed by atoms with E-state index in [4.69, 9.17) is 0 Å². The van der Waals surface area contributed by atoms with Crippen molar-refractivity contribution in [2.75, 3.05) is 4.90 Å². The number of anilines is 3. The van der Waals surface area contributed by atoms with Crippen LogP contribution in [-0.2, 0) is 5.41 Å². The molecule has 0 fully saturated rings. The van der Waals surface area contributed by atoms with E-state index in [0.717, 1.165) is 17.1 Å². The summed E-state index contributed by atoms with van der Waals surface area (Å²) in [6.45, 7) is 4.74. The van der Waals surface area contributed by atoms with E-state index in [1.54, 1.807) is 0 Å². The number of fused-ring (bicyclic) bond motifs is 9. The van der Waals surface area contributed by atoms with Crippen molar-refractivity contribution in [1.29, 1.82) is 0 Å². The second-order valence-electron chi connectivity index (χ2n) is 16.5. The van der Waals surface area contributed by atoms with Crippen LogP contribution >= 0.6 is 0 Å². The van der Waals surface area contributed by atoms with Gasteiger partial charge in [-0.1, -0.05) is 202 Å². The molecule has 0 aliphatic heterocycles. The van der Waals surface area contributed by atoms with Crippen LogP contribution in [0, 0.1) is 0 Å². The number of hydrogen-bond donors (Lipinski definition) is 0. The van der Waals surface area contributed by atoms with Crippen LogP contribution in [0.3, 0.4) is 0 Å². The Kier molecular flexibility index (Phi) is 8.25. The van der Waals surface area contributed by atoms with Crippen LogP contribution in [-0.4, -0.2) is 8.07 Å². The Morgan fingerprint density at radius 2 is 0.695 bits per heavy atom. The van der Waals surface area contributed by atoms with E-state index in [1.807, 2.05) is 0 Å².